The number of nitrogens with zero attached hydrogens (tertiary/aromatic N) is 2. The zero-order valence-electron chi connectivity index (χ0n) is 11.6. The summed E-state index contributed by atoms with van der Waals surface area (Å²) in [6, 6.07) is 7.67. The Morgan fingerprint density at radius 3 is 2.45 bits per heavy atom. The molecule has 2 aliphatic rings. The van der Waals surface area contributed by atoms with E-state index in [0.717, 1.165) is 44.9 Å². The molecule has 0 radical (unpaired) electrons. The number of rotatable bonds is 3. The quantitative estimate of drug-likeness (QED) is 0.788. The van der Waals surface area contributed by atoms with Crippen molar-refractivity contribution in [2.24, 2.45) is 0 Å². The van der Waals surface area contributed by atoms with Crippen LogP contribution >= 0.6 is 0 Å². The van der Waals surface area contributed by atoms with Crippen molar-refractivity contribution in [3.63, 3.8) is 0 Å². The van der Waals surface area contributed by atoms with Crippen LogP contribution in [0.5, 0.6) is 0 Å². The number of hydrogen-bond acceptors (Lipinski definition) is 3. The molecule has 20 heavy (non-hydrogen) atoms. The van der Waals surface area contributed by atoms with Gasteiger partial charge in [-0.3, -0.25) is 14.5 Å². The first-order valence-corrected chi connectivity index (χ1v) is 7.36. The molecule has 106 valence electrons. The third-order valence-corrected chi connectivity index (χ3v) is 4.17. The minimum atomic E-state index is 0.0834. The Bertz CT molecular complexity index is 494. The van der Waals surface area contributed by atoms with Gasteiger partial charge in [-0.15, -0.1) is 0 Å². The van der Waals surface area contributed by atoms with E-state index in [1.54, 1.807) is 24.3 Å². The van der Waals surface area contributed by atoms with Gasteiger partial charge < -0.3 is 4.90 Å². The Labute approximate surface area is 119 Å². The van der Waals surface area contributed by atoms with E-state index in [1.807, 2.05) is 4.90 Å². The van der Waals surface area contributed by atoms with Crippen LogP contribution in [0.2, 0.25) is 0 Å². The van der Waals surface area contributed by atoms with Crippen molar-refractivity contribution < 1.29 is 9.59 Å². The Hall–Kier alpha value is -1.68. The molecular formula is C16H20N2O2. The van der Waals surface area contributed by atoms with Crippen molar-refractivity contribution in [3.05, 3.63) is 35.4 Å². The van der Waals surface area contributed by atoms with Gasteiger partial charge in [0.2, 0.25) is 0 Å². The van der Waals surface area contributed by atoms with E-state index in [4.69, 9.17) is 0 Å². The molecule has 1 amide bonds. The molecule has 1 aliphatic heterocycles. The van der Waals surface area contributed by atoms with E-state index < -0.39 is 0 Å². The average molecular weight is 272 g/mol. The van der Waals surface area contributed by atoms with Crippen LogP contribution in [-0.2, 0) is 0 Å². The first kappa shape index (κ1) is 13.3. The number of carbonyl (C=O) groups is 2. The summed E-state index contributed by atoms with van der Waals surface area (Å²) in [5.74, 6) is 0.0834. The smallest absolute Gasteiger partial charge is 0.253 e. The Kier molecular flexibility index (Phi) is 3.83. The second-order valence-corrected chi connectivity index (χ2v) is 5.65. The molecule has 0 N–H and O–H groups in total. The summed E-state index contributed by atoms with van der Waals surface area (Å²) in [4.78, 5) is 27.6. The maximum atomic E-state index is 12.5. The molecule has 1 saturated carbocycles. The number of amides is 1. The molecule has 0 unspecified atom stereocenters. The summed E-state index contributed by atoms with van der Waals surface area (Å²) in [5.41, 5.74) is 1.28. The molecule has 4 nitrogen and oxygen atoms in total. The van der Waals surface area contributed by atoms with E-state index >= 15 is 0 Å². The van der Waals surface area contributed by atoms with Crippen molar-refractivity contribution in [1.29, 1.82) is 0 Å². The predicted molar refractivity (Wildman–Crippen MR) is 76.9 cm³/mol. The summed E-state index contributed by atoms with van der Waals surface area (Å²) in [6.07, 6.45) is 4.49. The van der Waals surface area contributed by atoms with Gasteiger partial charge in [0, 0.05) is 43.3 Å². The van der Waals surface area contributed by atoms with Gasteiger partial charge in [0.05, 0.1) is 0 Å². The average Bonchev–Trinajstić information content (AvgIpc) is 3.32. The van der Waals surface area contributed by atoms with Gasteiger partial charge in [-0.25, -0.2) is 0 Å². The summed E-state index contributed by atoms with van der Waals surface area (Å²) < 4.78 is 0. The van der Waals surface area contributed by atoms with Crippen LogP contribution in [0, 0.1) is 0 Å². The van der Waals surface area contributed by atoms with Crippen molar-refractivity contribution in [3.8, 4) is 0 Å². The van der Waals surface area contributed by atoms with Crippen LogP contribution in [0.4, 0.5) is 0 Å². The standard InChI is InChI=1S/C16H20N2O2/c19-12-13-2-4-14(5-3-13)16(20)18-9-1-8-17(10-11-18)15-6-7-15/h2-5,12,15H,1,6-11H2. The van der Waals surface area contributed by atoms with Crippen LogP contribution < -0.4 is 0 Å². The van der Waals surface area contributed by atoms with Crippen molar-refractivity contribution in [1.82, 2.24) is 9.80 Å². The van der Waals surface area contributed by atoms with Crippen molar-refractivity contribution in [2.45, 2.75) is 25.3 Å². The zero-order chi connectivity index (χ0) is 13.9. The highest BCUT2D eigenvalue weighted by Crippen LogP contribution is 2.27. The SMILES string of the molecule is O=Cc1ccc(C(=O)N2CCCN(C3CC3)CC2)cc1. The van der Waals surface area contributed by atoms with Gasteiger partial charge in [-0.05, 0) is 31.4 Å². The van der Waals surface area contributed by atoms with E-state index in [-0.39, 0.29) is 5.91 Å². The highest BCUT2D eigenvalue weighted by Gasteiger charge is 2.30. The second kappa shape index (κ2) is 5.75. The van der Waals surface area contributed by atoms with Crippen LogP contribution in [0.15, 0.2) is 24.3 Å². The fourth-order valence-corrected chi connectivity index (χ4v) is 2.83. The summed E-state index contributed by atoms with van der Waals surface area (Å²) >= 11 is 0. The van der Waals surface area contributed by atoms with E-state index in [0.29, 0.717) is 11.1 Å². The third-order valence-electron chi connectivity index (χ3n) is 4.17. The lowest BCUT2D eigenvalue weighted by Gasteiger charge is -2.21. The number of carbonyl (C=O) groups excluding carboxylic acids is 2. The molecule has 1 aromatic rings. The molecule has 4 heteroatoms. The first-order valence-electron chi connectivity index (χ1n) is 7.36. The molecule has 2 fully saturated rings. The maximum Gasteiger partial charge on any atom is 0.253 e. The largest absolute Gasteiger partial charge is 0.337 e. The molecule has 3 rings (SSSR count). The van der Waals surface area contributed by atoms with E-state index in [9.17, 15) is 9.59 Å². The maximum absolute atomic E-state index is 12.5. The van der Waals surface area contributed by atoms with Gasteiger partial charge in [-0.2, -0.15) is 0 Å². The number of hydrogen-bond donors (Lipinski definition) is 0. The van der Waals surface area contributed by atoms with Gasteiger partial charge >= 0.3 is 0 Å². The lowest BCUT2D eigenvalue weighted by Crippen LogP contribution is -2.35. The third kappa shape index (κ3) is 2.90. The fraction of sp³-hybridized carbons (Fsp3) is 0.500. The minimum absolute atomic E-state index is 0.0834. The first-order chi connectivity index (χ1) is 9.78. The summed E-state index contributed by atoms with van der Waals surface area (Å²) in [5, 5.41) is 0. The highest BCUT2D eigenvalue weighted by atomic mass is 16.2. The fourth-order valence-electron chi connectivity index (χ4n) is 2.83. The highest BCUT2D eigenvalue weighted by molar-refractivity contribution is 5.94. The Morgan fingerprint density at radius 1 is 1.05 bits per heavy atom. The summed E-state index contributed by atoms with van der Waals surface area (Å²) in [6.45, 7) is 3.74. The van der Waals surface area contributed by atoms with Gasteiger partial charge in [0.25, 0.3) is 5.91 Å². The lowest BCUT2D eigenvalue weighted by molar-refractivity contribution is 0.0760. The van der Waals surface area contributed by atoms with Gasteiger partial charge in [0.1, 0.15) is 6.29 Å². The lowest BCUT2D eigenvalue weighted by atomic mass is 10.1. The Morgan fingerprint density at radius 2 is 1.80 bits per heavy atom. The van der Waals surface area contributed by atoms with E-state index in [2.05, 4.69) is 4.90 Å². The molecule has 1 heterocycles. The Balaban J connectivity index is 1.64. The van der Waals surface area contributed by atoms with Gasteiger partial charge in [0.15, 0.2) is 0 Å². The monoisotopic (exact) mass is 272 g/mol. The van der Waals surface area contributed by atoms with Crippen molar-refractivity contribution in [2.75, 3.05) is 26.2 Å². The van der Waals surface area contributed by atoms with E-state index in [1.165, 1.54) is 12.8 Å². The minimum Gasteiger partial charge on any atom is -0.337 e. The number of benzene rings is 1. The molecular weight excluding hydrogens is 252 g/mol. The molecule has 1 aliphatic carbocycles. The molecule has 0 atom stereocenters. The molecule has 0 spiro atoms. The second-order valence-electron chi connectivity index (χ2n) is 5.65. The molecule has 0 aromatic heterocycles. The number of aldehydes is 1. The summed E-state index contributed by atoms with van der Waals surface area (Å²) in [7, 11) is 0. The molecule has 0 bridgehead atoms. The van der Waals surface area contributed by atoms with Crippen LogP contribution in [0.25, 0.3) is 0 Å². The van der Waals surface area contributed by atoms with Crippen LogP contribution in [0.1, 0.15) is 40.0 Å². The predicted octanol–water partition coefficient (Wildman–Crippen LogP) is 1.81. The zero-order valence-corrected chi connectivity index (χ0v) is 11.6. The topological polar surface area (TPSA) is 40.6 Å². The van der Waals surface area contributed by atoms with Crippen LogP contribution in [-0.4, -0.2) is 54.2 Å². The normalized spacial score (nSPS) is 20.5. The van der Waals surface area contributed by atoms with Gasteiger partial charge in [-0.1, -0.05) is 12.1 Å². The molecule has 1 aromatic carbocycles. The molecule has 1 saturated heterocycles. The van der Waals surface area contributed by atoms with Crippen molar-refractivity contribution >= 4 is 12.2 Å². The van der Waals surface area contributed by atoms with Crippen LogP contribution in [0.3, 0.4) is 0 Å².